The van der Waals surface area contributed by atoms with Gasteiger partial charge in [-0.25, -0.2) is 9.97 Å². The zero-order chi connectivity index (χ0) is 24.2. The zero-order valence-electron chi connectivity index (χ0n) is 20.0. The zero-order valence-corrected chi connectivity index (χ0v) is 20.8. The molecule has 6 nitrogen and oxygen atoms in total. The van der Waals surface area contributed by atoms with E-state index >= 15 is 0 Å². The summed E-state index contributed by atoms with van der Waals surface area (Å²) in [6, 6.07) is 18.8. The van der Waals surface area contributed by atoms with Crippen molar-refractivity contribution in [2.24, 2.45) is 0 Å². The van der Waals surface area contributed by atoms with E-state index in [0.29, 0.717) is 5.82 Å². The normalized spacial score (nSPS) is 11.6. The number of pyridine rings is 1. The van der Waals surface area contributed by atoms with Crippen molar-refractivity contribution in [1.82, 2.24) is 19.9 Å². The van der Waals surface area contributed by atoms with Crippen LogP contribution < -0.4 is 11.1 Å². The predicted molar refractivity (Wildman–Crippen MR) is 144 cm³/mol. The molecule has 0 aliphatic heterocycles. The number of aliphatic hydroxyl groups excluding tert-OH is 1. The number of unbranched alkanes of at least 4 members (excludes halogenated alkanes) is 1. The molecule has 0 amide bonds. The summed E-state index contributed by atoms with van der Waals surface area (Å²) in [6.07, 6.45) is 3.14. The Hall–Kier alpha value is -3.26. The van der Waals surface area contributed by atoms with Crippen molar-refractivity contribution in [3.05, 3.63) is 88.1 Å². The van der Waals surface area contributed by atoms with Crippen LogP contribution in [0.4, 0.5) is 5.82 Å². The topological polar surface area (TPSA) is 89.0 Å². The molecule has 0 aliphatic carbocycles. The molecule has 0 bridgehead atoms. The molecule has 0 spiro atoms. The minimum atomic E-state index is 0.0774. The average molecular weight is 486 g/mol. The van der Waals surface area contributed by atoms with Gasteiger partial charge in [0.25, 0.3) is 0 Å². The van der Waals surface area contributed by atoms with Crippen molar-refractivity contribution in [1.29, 1.82) is 0 Å². The second-order valence-electron chi connectivity index (χ2n) is 8.95. The van der Waals surface area contributed by atoms with Gasteiger partial charge in [-0.2, -0.15) is 0 Å². The number of imidazole rings is 1. The number of nitrogen functional groups attached to an aromatic ring is 1. The van der Waals surface area contributed by atoms with Gasteiger partial charge in [0.15, 0.2) is 5.82 Å². The SMILES string of the molecule is CCCCc1nc2c(N)nc3ccsc3c2n1Cc1cccc(CNCc2ccc(CO)cc2)c1. The Kier molecular flexibility index (Phi) is 7.08. The second-order valence-corrected chi connectivity index (χ2v) is 9.86. The fraction of sp³-hybridized carbons (Fsp3) is 0.286. The summed E-state index contributed by atoms with van der Waals surface area (Å²) in [6.45, 7) is 4.61. The summed E-state index contributed by atoms with van der Waals surface area (Å²) in [7, 11) is 0. The number of rotatable bonds is 10. The van der Waals surface area contributed by atoms with Gasteiger partial charge in [0.1, 0.15) is 11.3 Å². The van der Waals surface area contributed by atoms with Crippen LogP contribution in [0.25, 0.3) is 21.3 Å². The number of nitrogens with two attached hydrogens (primary N) is 1. The van der Waals surface area contributed by atoms with Gasteiger partial charge >= 0.3 is 0 Å². The van der Waals surface area contributed by atoms with Crippen LogP contribution in [-0.2, 0) is 32.7 Å². The van der Waals surface area contributed by atoms with Gasteiger partial charge in [0, 0.05) is 26.1 Å². The highest BCUT2D eigenvalue weighted by atomic mass is 32.1. The van der Waals surface area contributed by atoms with Crippen molar-refractivity contribution < 1.29 is 5.11 Å². The first-order valence-corrected chi connectivity index (χ1v) is 13.0. The lowest BCUT2D eigenvalue weighted by molar-refractivity contribution is 0.282. The third-order valence-corrected chi connectivity index (χ3v) is 7.25. The maximum atomic E-state index is 9.21. The first-order valence-electron chi connectivity index (χ1n) is 12.1. The number of nitrogens with zero attached hydrogens (tertiary/aromatic N) is 3. The fourth-order valence-corrected chi connectivity index (χ4v) is 5.37. The maximum absolute atomic E-state index is 9.21. The van der Waals surface area contributed by atoms with Crippen LogP contribution in [0.3, 0.4) is 0 Å². The van der Waals surface area contributed by atoms with Crippen LogP contribution >= 0.6 is 11.3 Å². The molecule has 5 aromatic rings. The number of nitrogens with one attached hydrogen (secondary N) is 1. The molecular formula is C28H31N5OS. The summed E-state index contributed by atoms with van der Waals surface area (Å²) in [5.41, 5.74) is 13.8. The van der Waals surface area contributed by atoms with E-state index in [1.165, 1.54) is 16.7 Å². The smallest absolute Gasteiger partial charge is 0.152 e. The first-order chi connectivity index (χ1) is 17.2. The molecule has 35 heavy (non-hydrogen) atoms. The van der Waals surface area contributed by atoms with Crippen molar-refractivity contribution >= 4 is 38.4 Å². The summed E-state index contributed by atoms with van der Waals surface area (Å²) in [5.74, 6) is 1.58. The largest absolute Gasteiger partial charge is 0.392 e. The van der Waals surface area contributed by atoms with Crippen LogP contribution in [0.2, 0.25) is 0 Å². The number of hydrogen-bond donors (Lipinski definition) is 3. The molecule has 0 aliphatic rings. The van der Waals surface area contributed by atoms with Crippen LogP contribution in [0.15, 0.2) is 60.0 Å². The second kappa shape index (κ2) is 10.6. The number of benzene rings is 2. The van der Waals surface area contributed by atoms with Gasteiger partial charge in [-0.3, -0.25) is 0 Å². The lowest BCUT2D eigenvalue weighted by atomic mass is 10.1. The summed E-state index contributed by atoms with van der Waals surface area (Å²) in [5, 5.41) is 14.8. The Balaban J connectivity index is 1.39. The molecule has 0 saturated carbocycles. The Morgan fingerprint density at radius 3 is 2.54 bits per heavy atom. The lowest BCUT2D eigenvalue weighted by Crippen LogP contribution is -2.13. The van der Waals surface area contributed by atoms with Gasteiger partial charge in [0.05, 0.1) is 22.3 Å². The third-order valence-electron chi connectivity index (χ3n) is 6.34. The Bertz CT molecular complexity index is 1440. The lowest BCUT2D eigenvalue weighted by Gasteiger charge is -2.12. The molecule has 4 N–H and O–H groups in total. The molecule has 2 aromatic carbocycles. The maximum Gasteiger partial charge on any atom is 0.152 e. The number of aliphatic hydroxyl groups is 1. The summed E-state index contributed by atoms with van der Waals surface area (Å²) in [4.78, 5) is 9.53. The van der Waals surface area contributed by atoms with Gasteiger partial charge in [-0.1, -0.05) is 61.9 Å². The van der Waals surface area contributed by atoms with E-state index in [9.17, 15) is 5.11 Å². The molecule has 0 saturated heterocycles. The molecule has 0 radical (unpaired) electrons. The van der Waals surface area contributed by atoms with E-state index in [0.717, 1.165) is 71.5 Å². The molecule has 7 heteroatoms. The van der Waals surface area contributed by atoms with E-state index in [4.69, 9.17) is 10.7 Å². The summed E-state index contributed by atoms with van der Waals surface area (Å²) < 4.78 is 3.49. The van der Waals surface area contributed by atoms with Gasteiger partial charge in [-0.15, -0.1) is 11.3 Å². The number of aryl methyl sites for hydroxylation is 1. The molecule has 5 rings (SSSR count). The van der Waals surface area contributed by atoms with Crippen LogP contribution in [0, 0.1) is 0 Å². The molecule has 0 unspecified atom stereocenters. The highest BCUT2D eigenvalue weighted by Gasteiger charge is 2.18. The number of fused-ring (bicyclic) bond motifs is 3. The number of anilines is 1. The first kappa shape index (κ1) is 23.5. The van der Waals surface area contributed by atoms with E-state index < -0.39 is 0 Å². The molecule has 3 aromatic heterocycles. The van der Waals surface area contributed by atoms with E-state index in [1.54, 1.807) is 11.3 Å². The average Bonchev–Trinajstić information content (AvgIpc) is 3.48. The summed E-state index contributed by atoms with van der Waals surface area (Å²) >= 11 is 1.70. The fourth-order valence-electron chi connectivity index (χ4n) is 4.49. The van der Waals surface area contributed by atoms with Crippen LogP contribution in [-0.4, -0.2) is 19.6 Å². The minimum absolute atomic E-state index is 0.0774. The minimum Gasteiger partial charge on any atom is -0.392 e. The molecule has 3 heterocycles. The monoisotopic (exact) mass is 485 g/mol. The Morgan fingerprint density at radius 1 is 0.971 bits per heavy atom. The van der Waals surface area contributed by atoms with Crippen molar-refractivity contribution in [3.8, 4) is 0 Å². The molecule has 180 valence electrons. The third kappa shape index (κ3) is 5.07. The molecule has 0 fully saturated rings. The van der Waals surface area contributed by atoms with Gasteiger partial charge in [-0.05, 0) is 40.1 Å². The van der Waals surface area contributed by atoms with Gasteiger partial charge < -0.3 is 20.7 Å². The van der Waals surface area contributed by atoms with Crippen molar-refractivity contribution in [2.75, 3.05) is 5.73 Å². The number of hydrogen-bond acceptors (Lipinski definition) is 6. The van der Waals surface area contributed by atoms with Gasteiger partial charge in [0.2, 0.25) is 0 Å². The quantitative estimate of drug-likeness (QED) is 0.246. The Morgan fingerprint density at radius 2 is 1.74 bits per heavy atom. The number of aromatic nitrogens is 3. The number of thiophene rings is 1. The van der Waals surface area contributed by atoms with E-state index in [2.05, 4.69) is 63.6 Å². The van der Waals surface area contributed by atoms with E-state index in [1.807, 2.05) is 18.2 Å². The highest BCUT2D eigenvalue weighted by Crippen LogP contribution is 2.33. The van der Waals surface area contributed by atoms with E-state index in [-0.39, 0.29) is 6.61 Å². The highest BCUT2D eigenvalue weighted by molar-refractivity contribution is 7.18. The molecular weight excluding hydrogens is 454 g/mol. The predicted octanol–water partition coefficient (Wildman–Crippen LogP) is 5.40. The van der Waals surface area contributed by atoms with Crippen molar-refractivity contribution in [3.63, 3.8) is 0 Å². The standard InChI is InChI=1S/C28H31N5OS/c1-2-3-7-24-32-25-26(27-23(12-13-35-27)31-28(25)29)33(24)17-22-6-4-5-21(14-22)16-30-15-19-8-10-20(18-34)11-9-19/h4-6,8-14,30,34H,2-3,7,15-18H2,1H3,(H2,29,31). The molecule has 0 atom stereocenters. The Labute approximate surface area is 209 Å². The van der Waals surface area contributed by atoms with Crippen LogP contribution in [0.5, 0.6) is 0 Å². The van der Waals surface area contributed by atoms with Crippen LogP contribution in [0.1, 0.15) is 47.8 Å². The van der Waals surface area contributed by atoms with Crippen molar-refractivity contribution in [2.45, 2.75) is 52.4 Å².